The molecule has 0 aromatic rings. The number of carbonyl (C=O) groups excluding carboxylic acids is 1. The normalized spacial score (nSPS) is 60.0. The van der Waals surface area contributed by atoms with Crippen molar-refractivity contribution in [2.75, 3.05) is 0 Å². The molecule has 1 heterocycles. The zero-order chi connectivity index (χ0) is 14.7. The van der Waals surface area contributed by atoms with Crippen molar-refractivity contribution in [3.63, 3.8) is 0 Å². The Morgan fingerprint density at radius 1 is 1.25 bits per heavy atom. The number of hydrogen-bond donors (Lipinski definition) is 3. The van der Waals surface area contributed by atoms with Gasteiger partial charge >= 0.3 is 5.97 Å². The van der Waals surface area contributed by atoms with E-state index >= 15 is 0 Å². The highest BCUT2D eigenvalue weighted by Crippen LogP contribution is 2.74. The highest BCUT2D eigenvalue weighted by Gasteiger charge is 2.77. The minimum absolute atomic E-state index is 0.172. The van der Waals surface area contributed by atoms with Crippen LogP contribution in [-0.4, -0.2) is 38.8 Å². The molecule has 0 spiro atoms. The summed E-state index contributed by atoms with van der Waals surface area (Å²) >= 11 is 0. The molecule has 3 N–H and O–H groups in total. The van der Waals surface area contributed by atoms with Gasteiger partial charge in [0.1, 0.15) is 0 Å². The maximum atomic E-state index is 11.8. The van der Waals surface area contributed by atoms with Crippen LogP contribution in [0.3, 0.4) is 0 Å². The third-order valence-electron chi connectivity index (χ3n) is 6.35. The predicted molar refractivity (Wildman–Crippen MR) is 68.2 cm³/mol. The van der Waals surface area contributed by atoms with Crippen molar-refractivity contribution in [3.8, 4) is 0 Å². The maximum absolute atomic E-state index is 11.8. The molecule has 0 saturated heterocycles. The second-order valence-electron chi connectivity index (χ2n) is 7.49. The van der Waals surface area contributed by atoms with Gasteiger partial charge in [-0.1, -0.05) is 6.92 Å². The largest absolute Gasteiger partial charge is 0.426 e. The first-order chi connectivity index (χ1) is 9.13. The van der Waals surface area contributed by atoms with Crippen LogP contribution < -0.4 is 0 Å². The molecule has 0 bridgehead atoms. The Morgan fingerprint density at radius 3 is 2.55 bits per heavy atom. The molecule has 0 unspecified atom stereocenters. The fourth-order valence-corrected chi connectivity index (χ4v) is 5.57. The summed E-state index contributed by atoms with van der Waals surface area (Å²) in [5.74, 6) is -2.18. The minimum atomic E-state index is -1.70. The summed E-state index contributed by atoms with van der Waals surface area (Å²) in [5.41, 5.74) is -0.833. The molecular formula is C15H20O5. The summed E-state index contributed by atoms with van der Waals surface area (Å²) in [6, 6.07) is 0. The van der Waals surface area contributed by atoms with Gasteiger partial charge in [-0.2, -0.15) is 0 Å². The first-order valence-electron chi connectivity index (χ1n) is 7.20. The standard InChI is InChI=1S/C15H20O5/c1-6-9-10(16)11-13(2,5-15(9,19)20-12(6)17)7-4-8(7)14(11,3)18/h7-8,10-11,16,18-19H,4-5H2,1-3H3/t7-,8+,10+,11+,13+,14+,15+/m1/s1. The van der Waals surface area contributed by atoms with Crippen molar-refractivity contribution in [3.05, 3.63) is 11.1 Å². The molecule has 3 saturated carbocycles. The van der Waals surface area contributed by atoms with Crippen LogP contribution in [0, 0.1) is 23.2 Å². The smallest absolute Gasteiger partial charge is 0.336 e. The molecule has 4 aliphatic rings. The zero-order valence-corrected chi connectivity index (χ0v) is 11.9. The topological polar surface area (TPSA) is 87.0 Å². The summed E-state index contributed by atoms with van der Waals surface area (Å²) < 4.78 is 5.14. The number of ether oxygens (including phenoxy) is 1. The monoisotopic (exact) mass is 280 g/mol. The predicted octanol–water partition coefficient (Wildman–Crippen LogP) is 0.336. The number of fused-ring (bicyclic) bond motifs is 4. The minimum Gasteiger partial charge on any atom is -0.426 e. The van der Waals surface area contributed by atoms with E-state index in [0.29, 0.717) is 0 Å². The lowest BCUT2D eigenvalue weighted by molar-refractivity contribution is -0.223. The van der Waals surface area contributed by atoms with Crippen molar-refractivity contribution in [2.24, 2.45) is 23.2 Å². The highest BCUT2D eigenvalue weighted by atomic mass is 16.7. The maximum Gasteiger partial charge on any atom is 0.336 e. The third kappa shape index (κ3) is 1.15. The first-order valence-corrected chi connectivity index (χ1v) is 7.20. The van der Waals surface area contributed by atoms with E-state index in [2.05, 4.69) is 0 Å². The molecule has 1 aliphatic heterocycles. The summed E-state index contributed by atoms with van der Waals surface area (Å²) in [4.78, 5) is 11.8. The molecule has 110 valence electrons. The van der Waals surface area contributed by atoms with E-state index in [9.17, 15) is 20.1 Å². The molecule has 0 radical (unpaired) electrons. The average Bonchev–Trinajstić information content (AvgIpc) is 2.99. The van der Waals surface area contributed by atoms with E-state index < -0.39 is 28.9 Å². The summed E-state index contributed by atoms with van der Waals surface area (Å²) in [6.45, 7) is 5.32. The van der Waals surface area contributed by atoms with Gasteiger partial charge in [0.15, 0.2) is 0 Å². The Labute approximate surface area is 117 Å². The van der Waals surface area contributed by atoms with Gasteiger partial charge in [0, 0.05) is 23.5 Å². The Balaban J connectivity index is 1.88. The van der Waals surface area contributed by atoms with Gasteiger partial charge < -0.3 is 20.1 Å². The van der Waals surface area contributed by atoms with Crippen molar-refractivity contribution in [1.29, 1.82) is 0 Å². The van der Waals surface area contributed by atoms with Crippen LogP contribution in [0.25, 0.3) is 0 Å². The molecular weight excluding hydrogens is 260 g/mol. The number of aliphatic hydroxyl groups is 3. The molecule has 0 aromatic heterocycles. The Bertz CT molecular complexity index is 565. The van der Waals surface area contributed by atoms with E-state index in [4.69, 9.17) is 4.74 Å². The second kappa shape index (κ2) is 3.13. The van der Waals surface area contributed by atoms with Crippen molar-refractivity contribution < 1.29 is 24.9 Å². The molecule has 3 fully saturated rings. The fraction of sp³-hybridized carbons (Fsp3) is 0.800. The van der Waals surface area contributed by atoms with Gasteiger partial charge in [0.05, 0.1) is 11.7 Å². The Hall–Kier alpha value is -0.910. The van der Waals surface area contributed by atoms with E-state index in [1.165, 1.54) is 0 Å². The Kier molecular flexibility index (Phi) is 2.00. The quantitative estimate of drug-likeness (QED) is 0.557. The summed E-state index contributed by atoms with van der Waals surface area (Å²) in [7, 11) is 0. The first kappa shape index (κ1) is 12.8. The molecule has 0 amide bonds. The van der Waals surface area contributed by atoms with Crippen LogP contribution in [0.2, 0.25) is 0 Å². The van der Waals surface area contributed by atoms with Crippen molar-refractivity contribution in [2.45, 2.75) is 51.1 Å². The van der Waals surface area contributed by atoms with Crippen LogP contribution in [0.1, 0.15) is 33.6 Å². The molecule has 0 aromatic carbocycles. The van der Waals surface area contributed by atoms with Gasteiger partial charge in [-0.3, -0.25) is 0 Å². The number of esters is 1. The lowest BCUT2D eigenvalue weighted by Crippen LogP contribution is -2.58. The highest BCUT2D eigenvalue weighted by molar-refractivity contribution is 5.92. The van der Waals surface area contributed by atoms with Crippen LogP contribution >= 0.6 is 0 Å². The van der Waals surface area contributed by atoms with E-state index in [0.717, 1.165) is 6.42 Å². The number of rotatable bonds is 0. The fourth-order valence-electron chi connectivity index (χ4n) is 5.57. The molecule has 5 nitrogen and oxygen atoms in total. The molecule has 7 atom stereocenters. The van der Waals surface area contributed by atoms with Gasteiger partial charge in [0.2, 0.25) is 5.79 Å². The van der Waals surface area contributed by atoms with Crippen molar-refractivity contribution in [1.82, 2.24) is 0 Å². The number of carbonyl (C=O) groups is 1. The van der Waals surface area contributed by atoms with Gasteiger partial charge in [-0.15, -0.1) is 0 Å². The number of aliphatic hydroxyl groups excluding tert-OH is 1. The number of hydrogen-bond acceptors (Lipinski definition) is 5. The van der Waals surface area contributed by atoms with Gasteiger partial charge in [-0.05, 0) is 37.5 Å². The summed E-state index contributed by atoms with van der Waals surface area (Å²) in [6.07, 6.45) is 0.139. The van der Waals surface area contributed by atoms with E-state index in [1.807, 2.05) is 6.92 Å². The average molecular weight is 280 g/mol. The van der Waals surface area contributed by atoms with Crippen LogP contribution in [-0.2, 0) is 9.53 Å². The van der Waals surface area contributed by atoms with Crippen LogP contribution in [0.15, 0.2) is 11.1 Å². The zero-order valence-electron chi connectivity index (χ0n) is 11.9. The van der Waals surface area contributed by atoms with Crippen LogP contribution in [0.4, 0.5) is 0 Å². The van der Waals surface area contributed by atoms with E-state index in [1.54, 1.807) is 13.8 Å². The SMILES string of the molecule is CC1=C2[C@H](O)[C@@H]3[C@@](C)(O)[C@H]4C[C@H]4[C@]3(C)C[C@]2(O)OC1=O. The molecule has 4 rings (SSSR count). The molecule has 5 heteroatoms. The molecule has 20 heavy (non-hydrogen) atoms. The second-order valence-corrected chi connectivity index (χ2v) is 7.49. The third-order valence-corrected chi connectivity index (χ3v) is 6.35. The van der Waals surface area contributed by atoms with Crippen LogP contribution in [0.5, 0.6) is 0 Å². The Morgan fingerprint density at radius 2 is 1.90 bits per heavy atom. The van der Waals surface area contributed by atoms with E-state index in [-0.39, 0.29) is 35.3 Å². The van der Waals surface area contributed by atoms with Gasteiger partial charge in [-0.25, -0.2) is 4.79 Å². The summed E-state index contributed by atoms with van der Waals surface area (Å²) in [5, 5.41) is 32.2. The molecule has 3 aliphatic carbocycles. The van der Waals surface area contributed by atoms with Gasteiger partial charge in [0.25, 0.3) is 0 Å². The van der Waals surface area contributed by atoms with Crippen molar-refractivity contribution >= 4 is 5.97 Å². The lowest BCUT2D eigenvalue weighted by atomic mass is 9.58. The lowest BCUT2D eigenvalue weighted by Gasteiger charge is -2.51.